The van der Waals surface area contributed by atoms with E-state index in [9.17, 15) is 0 Å². The number of methoxy groups -OCH3 is 1. The van der Waals surface area contributed by atoms with Gasteiger partial charge < -0.3 is 4.74 Å². The maximum Gasteiger partial charge on any atom is 0.130 e. The topological polar surface area (TPSA) is 9.23 Å². The van der Waals surface area contributed by atoms with Crippen LogP contribution < -0.4 is 0 Å². The van der Waals surface area contributed by atoms with E-state index in [1.807, 2.05) is 7.11 Å². The molecule has 5 unspecified atom stereocenters. The minimum Gasteiger partial charge on any atom is -0.381 e. The van der Waals surface area contributed by atoms with Crippen molar-refractivity contribution < 1.29 is 9.13 Å². The molecule has 0 bridgehead atoms. The molecule has 0 amide bonds. The first-order chi connectivity index (χ1) is 12.2. The molecule has 0 saturated heterocycles. The number of ether oxygens (including phenoxy) is 1. The van der Waals surface area contributed by atoms with Gasteiger partial charge in [-0.1, -0.05) is 25.5 Å². The van der Waals surface area contributed by atoms with Crippen molar-refractivity contribution in [3.8, 4) is 0 Å². The molecule has 2 saturated carbocycles. The summed E-state index contributed by atoms with van der Waals surface area (Å²) in [5.74, 6) is 2.94. The predicted molar refractivity (Wildman–Crippen MR) is 100 cm³/mol. The lowest BCUT2D eigenvalue weighted by atomic mass is 9.65. The van der Waals surface area contributed by atoms with Crippen molar-refractivity contribution in [2.24, 2.45) is 17.8 Å². The van der Waals surface area contributed by atoms with Gasteiger partial charge >= 0.3 is 0 Å². The van der Waals surface area contributed by atoms with Gasteiger partial charge in [0.15, 0.2) is 0 Å². The molecule has 0 N–H and O–H groups in total. The first kappa shape index (κ1) is 17.5. The number of hydrogen-bond donors (Lipinski definition) is 0. The van der Waals surface area contributed by atoms with E-state index in [1.165, 1.54) is 44.1 Å². The molecule has 0 aromatic heterocycles. The summed E-state index contributed by atoms with van der Waals surface area (Å²) >= 11 is 0. The van der Waals surface area contributed by atoms with E-state index in [0.717, 1.165) is 54.6 Å². The van der Waals surface area contributed by atoms with Crippen LogP contribution in [0.4, 0.5) is 4.39 Å². The minimum absolute atomic E-state index is 0.154. The largest absolute Gasteiger partial charge is 0.381 e. The summed E-state index contributed by atoms with van der Waals surface area (Å²) in [6.07, 6.45) is 12.2. The van der Waals surface area contributed by atoms with E-state index in [4.69, 9.17) is 4.74 Å². The quantitative estimate of drug-likeness (QED) is 0.649. The highest BCUT2D eigenvalue weighted by Gasteiger charge is 2.37. The van der Waals surface area contributed by atoms with Crippen LogP contribution in [0.5, 0.6) is 0 Å². The standard InChI is InChI=1S/C23H33FO/c1-3-15-4-10-21-18(12-15)8-11-22(23(21)24)19-6-5-17-14-20(25-2)9-7-16(17)13-19/h8,11,15-17,19-20H,3-7,9-10,12-14H2,1-2H3. The average Bonchev–Trinajstić information content (AvgIpc) is 2.67. The van der Waals surface area contributed by atoms with E-state index in [2.05, 4.69) is 19.1 Å². The van der Waals surface area contributed by atoms with Gasteiger partial charge in [-0.2, -0.15) is 0 Å². The smallest absolute Gasteiger partial charge is 0.130 e. The summed E-state index contributed by atoms with van der Waals surface area (Å²) in [4.78, 5) is 0. The molecule has 1 nitrogen and oxygen atoms in total. The lowest BCUT2D eigenvalue weighted by Crippen LogP contribution is -2.33. The molecule has 25 heavy (non-hydrogen) atoms. The Morgan fingerprint density at radius 3 is 2.64 bits per heavy atom. The Morgan fingerprint density at radius 2 is 1.84 bits per heavy atom. The second-order valence-electron chi connectivity index (χ2n) is 8.82. The van der Waals surface area contributed by atoms with Gasteiger partial charge in [0.1, 0.15) is 5.82 Å². The molecule has 0 spiro atoms. The number of fused-ring (bicyclic) bond motifs is 2. The Hall–Kier alpha value is -0.890. The number of benzene rings is 1. The van der Waals surface area contributed by atoms with Crippen LogP contribution in [0.2, 0.25) is 0 Å². The zero-order chi connectivity index (χ0) is 17.4. The van der Waals surface area contributed by atoms with E-state index < -0.39 is 0 Å². The third kappa shape index (κ3) is 3.39. The predicted octanol–water partition coefficient (Wildman–Crippen LogP) is 6.04. The molecule has 1 aromatic rings. The van der Waals surface area contributed by atoms with Crippen LogP contribution in [0.3, 0.4) is 0 Å². The van der Waals surface area contributed by atoms with E-state index in [-0.39, 0.29) is 5.82 Å². The average molecular weight is 345 g/mol. The normalized spacial score (nSPS) is 35.1. The Kier molecular flexibility index (Phi) is 5.18. The monoisotopic (exact) mass is 344 g/mol. The van der Waals surface area contributed by atoms with Crippen LogP contribution in [-0.2, 0) is 17.6 Å². The van der Waals surface area contributed by atoms with Gasteiger partial charge in [-0.3, -0.25) is 0 Å². The second kappa shape index (κ2) is 7.39. The molecule has 3 aliphatic rings. The molecule has 2 fully saturated rings. The molecule has 0 aliphatic heterocycles. The maximum absolute atomic E-state index is 15.3. The van der Waals surface area contributed by atoms with Crippen LogP contribution in [-0.4, -0.2) is 13.2 Å². The van der Waals surface area contributed by atoms with Crippen LogP contribution >= 0.6 is 0 Å². The van der Waals surface area contributed by atoms with Gasteiger partial charge in [0.2, 0.25) is 0 Å². The summed E-state index contributed by atoms with van der Waals surface area (Å²) in [7, 11) is 1.85. The summed E-state index contributed by atoms with van der Waals surface area (Å²) in [6, 6.07) is 4.39. The zero-order valence-corrected chi connectivity index (χ0v) is 15.9. The van der Waals surface area contributed by atoms with Gasteiger partial charge in [-0.25, -0.2) is 4.39 Å². The fraction of sp³-hybridized carbons (Fsp3) is 0.739. The van der Waals surface area contributed by atoms with Crippen LogP contribution in [0, 0.1) is 23.6 Å². The number of hydrogen-bond acceptors (Lipinski definition) is 1. The molecule has 138 valence electrons. The Balaban J connectivity index is 1.50. The van der Waals surface area contributed by atoms with Gasteiger partial charge in [0, 0.05) is 7.11 Å². The minimum atomic E-state index is 0.154. The van der Waals surface area contributed by atoms with Crippen molar-refractivity contribution >= 4 is 0 Å². The molecule has 1 aromatic carbocycles. The van der Waals surface area contributed by atoms with E-state index in [0.29, 0.717) is 12.0 Å². The van der Waals surface area contributed by atoms with E-state index >= 15 is 4.39 Å². The lowest BCUT2D eigenvalue weighted by molar-refractivity contribution is 0.0121. The van der Waals surface area contributed by atoms with Crippen molar-refractivity contribution in [1.82, 2.24) is 0 Å². The summed E-state index contributed by atoms with van der Waals surface area (Å²) in [6.45, 7) is 2.26. The highest BCUT2D eigenvalue weighted by atomic mass is 19.1. The third-order valence-corrected chi connectivity index (χ3v) is 7.60. The van der Waals surface area contributed by atoms with Crippen molar-refractivity contribution in [1.29, 1.82) is 0 Å². The summed E-state index contributed by atoms with van der Waals surface area (Å²) in [5, 5.41) is 0. The van der Waals surface area contributed by atoms with Crippen molar-refractivity contribution in [2.45, 2.75) is 83.2 Å². The Bertz CT molecular complexity index is 610. The maximum atomic E-state index is 15.3. The van der Waals surface area contributed by atoms with Crippen molar-refractivity contribution in [3.63, 3.8) is 0 Å². The Labute approximate surface area is 152 Å². The highest BCUT2D eigenvalue weighted by Crippen LogP contribution is 2.47. The fourth-order valence-electron chi connectivity index (χ4n) is 5.91. The van der Waals surface area contributed by atoms with Crippen LogP contribution in [0.25, 0.3) is 0 Å². The van der Waals surface area contributed by atoms with Crippen molar-refractivity contribution in [3.05, 3.63) is 34.6 Å². The molecule has 2 heteroatoms. The van der Waals surface area contributed by atoms with Gasteiger partial charge in [0.05, 0.1) is 6.10 Å². The molecule has 0 radical (unpaired) electrons. The SMILES string of the molecule is CCC1CCc2c(ccc(C3CCC4CC(OC)CCC4C3)c2F)C1. The van der Waals surface area contributed by atoms with Gasteiger partial charge in [-0.15, -0.1) is 0 Å². The first-order valence-electron chi connectivity index (χ1n) is 10.5. The Morgan fingerprint density at radius 1 is 1.04 bits per heavy atom. The molecule has 3 aliphatic carbocycles. The third-order valence-electron chi connectivity index (χ3n) is 7.60. The first-order valence-corrected chi connectivity index (χ1v) is 10.5. The van der Waals surface area contributed by atoms with Crippen LogP contribution in [0.1, 0.15) is 80.9 Å². The molecule has 4 rings (SSSR count). The highest BCUT2D eigenvalue weighted by molar-refractivity contribution is 5.38. The zero-order valence-electron chi connectivity index (χ0n) is 15.9. The molecule has 0 heterocycles. The van der Waals surface area contributed by atoms with E-state index in [1.54, 1.807) is 0 Å². The second-order valence-corrected chi connectivity index (χ2v) is 8.82. The molecular formula is C23H33FO. The fourth-order valence-corrected chi connectivity index (χ4v) is 5.91. The molecular weight excluding hydrogens is 311 g/mol. The summed E-state index contributed by atoms with van der Waals surface area (Å²) in [5.41, 5.74) is 3.36. The van der Waals surface area contributed by atoms with Crippen LogP contribution in [0.15, 0.2) is 12.1 Å². The summed E-state index contributed by atoms with van der Waals surface area (Å²) < 4.78 is 20.9. The number of halogens is 1. The lowest BCUT2D eigenvalue weighted by Gasteiger charge is -2.42. The molecule has 5 atom stereocenters. The van der Waals surface area contributed by atoms with Gasteiger partial charge in [-0.05, 0) is 98.1 Å². The van der Waals surface area contributed by atoms with Crippen molar-refractivity contribution in [2.75, 3.05) is 7.11 Å². The number of rotatable bonds is 3. The van der Waals surface area contributed by atoms with Gasteiger partial charge in [0.25, 0.3) is 0 Å².